The molecule has 0 aliphatic rings. The van der Waals surface area contributed by atoms with E-state index in [4.69, 9.17) is 0 Å². The standard InChI is InChI=1S/C21H28N2O3S/c1-6-19-7-9-20(10-8-19)23(18(5)24)12-11-22-27(25,26)21-16(3)13-15(2)14-17(21)4/h7-10,13-14,22H,6,11-12H2,1-5H3. The van der Waals surface area contributed by atoms with E-state index in [2.05, 4.69) is 11.6 Å². The molecule has 0 aliphatic carbocycles. The Morgan fingerprint density at radius 3 is 2.07 bits per heavy atom. The summed E-state index contributed by atoms with van der Waals surface area (Å²) in [7, 11) is -3.64. The van der Waals surface area contributed by atoms with Crippen LogP contribution in [0.25, 0.3) is 0 Å². The molecule has 0 unspecified atom stereocenters. The van der Waals surface area contributed by atoms with Crippen LogP contribution in [0.2, 0.25) is 0 Å². The van der Waals surface area contributed by atoms with Gasteiger partial charge in [0.25, 0.3) is 0 Å². The molecule has 0 aromatic heterocycles. The summed E-state index contributed by atoms with van der Waals surface area (Å²) < 4.78 is 28.1. The maximum atomic E-state index is 12.7. The number of hydrogen-bond acceptors (Lipinski definition) is 3. The van der Waals surface area contributed by atoms with E-state index in [1.807, 2.05) is 43.3 Å². The number of nitrogens with one attached hydrogen (secondary N) is 1. The second-order valence-electron chi connectivity index (χ2n) is 6.82. The minimum Gasteiger partial charge on any atom is -0.311 e. The fourth-order valence-corrected chi connectivity index (χ4v) is 4.80. The Morgan fingerprint density at radius 1 is 1.04 bits per heavy atom. The third kappa shape index (κ3) is 5.17. The highest BCUT2D eigenvalue weighted by Gasteiger charge is 2.20. The number of carbonyl (C=O) groups excluding carboxylic acids is 1. The van der Waals surface area contributed by atoms with E-state index in [0.29, 0.717) is 4.90 Å². The van der Waals surface area contributed by atoms with Crippen molar-refractivity contribution in [3.05, 3.63) is 58.7 Å². The lowest BCUT2D eigenvalue weighted by Gasteiger charge is -2.22. The molecule has 6 heteroatoms. The Bertz CT molecular complexity index is 896. The van der Waals surface area contributed by atoms with Crippen LogP contribution in [0.4, 0.5) is 5.69 Å². The van der Waals surface area contributed by atoms with Gasteiger partial charge in [0.1, 0.15) is 0 Å². The van der Waals surface area contributed by atoms with Gasteiger partial charge in [0.05, 0.1) is 4.90 Å². The fourth-order valence-electron chi connectivity index (χ4n) is 3.33. The molecule has 0 bridgehead atoms. The Labute approximate surface area is 162 Å². The van der Waals surface area contributed by atoms with Crippen molar-refractivity contribution in [2.75, 3.05) is 18.0 Å². The molecule has 1 amide bonds. The molecule has 0 fully saturated rings. The van der Waals surface area contributed by atoms with Crippen molar-refractivity contribution in [1.82, 2.24) is 4.72 Å². The zero-order chi connectivity index (χ0) is 20.2. The maximum Gasteiger partial charge on any atom is 0.241 e. The quantitative estimate of drug-likeness (QED) is 0.789. The number of sulfonamides is 1. The molecule has 0 atom stereocenters. The van der Waals surface area contributed by atoms with Crippen molar-refractivity contribution in [2.45, 2.75) is 45.9 Å². The number of amides is 1. The molecule has 2 aromatic carbocycles. The topological polar surface area (TPSA) is 66.5 Å². The first-order valence-corrected chi connectivity index (χ1v) is 10.6. The SMILES string of the molecule is CCc1ccc(N(CCNS(=O)(=O)c2c(C)cc(C)cc2C)C(C)=O)cc1. The summed E-state index contributed by atoms with van der Waals surface area (Å²) >= 11 is 0. The van der Waals surface area contributed by atoms with Gasteiger partial charge < -0.3 is 4.90 Å². The lowest BCUT2D eigenvalue weighted by molar-refractivity contribution is -0.116. The second kappa shape index (κ2) is 8.67. The van der Waals surface area contributed by atoms with Crippen molar-refractivity contribution in [1.29, 1.82) is 0 Å². The third-order valence-electron chi connectivity index (χ3n) is 4.54. The molecule has 146 valence electrons. The van der Waals surface area contributed by atoms with Crippen molar-refractivity contribution >= 4 is 21.6 Å². The van der Waals surface area contributed by atoms with E-state index in [1.165, 1.54) is 12.5 Å². The molecule has 5 nitrogen and oxygen atoms in total. The van der Waals surface area contributed by atoms with E-state index in [0.717, 1.165) is 28.8 Å². The van der Waals surface area contributed by atoms with Gasteiger partial charge in [-0.05, 0) is 56.0 Å². The van der Waals surface area contributed by atoms with Gasteiger partial charge in [0.15, 0.2) is 0 Å². The van der Waals surface area contributed by atoms with E-state index >= 15 is 0 Å². The molecule has 27 heavy (non-hydrogen) atoms. The summed E-state index contributed by atoms with van der Waals surface area (Å²) in [6, 6.07) is 11.5. The number of benzene rings is 2. The molecule has 1 N–H and O–H groups in total. The van der Waals surface area contributed by atoms with Gasteiger partial charge in [-0.3, -0.25) is 4.79 Å². The van der Waals surface area contributed by atoms with Crippen LogP contribution in [0.3, 0.4) is 0 Å². The van der Waals surface area contributed by atoms with Crippen molar-refractivity contribution in [2.24, 2.45) is 0 Å². The van der Waals surface area contributed by atoms with Crippen LogP contribution in [0.15, 0.2) is 41.3 Å². The molecule has 0 saturated heterocycles. The predicted molar refractivity (Wildman–Crippen MR) is 110 cm³/mol. The molecule has 2 rings (SSSR count). The average Bonchev–Trinajstić information content (AvgIpc) is 2.57. The fraction of sp³-hybridized carbons (Fsp3) is 0.381. The summed E-state index contributed by atoms with van der Waals surface area (Å²) in [6.45, 7) is 9.50. The first-order valence-electron chi connectivity index (χ1n) is 9.10. The van der Waals surface area contributed by atoms with Crippen molar-refractivity contribution < 1.29 is 13.2 Å². The Kier molecular flexibility index (Phi) is 6.78. The minimum absolute atomic E-state index is 0.124. The maximum absolute atomic E-state index is 12.7. The monoisotopic (exact) mass is 388 g/mol. The van der Waals surface area contributed by atoms with E-state index in [1.54, 1.807) is 18.7 Å². The van der Waals surface area contributed by atoms with Crippen LogP contribution in [-0.4, -0.2) is 27.4 Å². The summed E-state index contributed by atoms with van der Waals surface area (Å²) in [4.78, 5) is 13.9. The first-order chi connectivity index (χ1) is 12.7. The predicted octanol–water partition coefficient (Wildman–Crippen LogP) is 3.51. The number of aryl methyl sites for hydroxylation is 4. The zero-order valence-corrected chi connectivity index (χ0v) is 17.5. The normalized spacial score (nSPS) is 11.4. The molecule has 0 heterocycles. The lowest BCUT2D eigenvalue weighted by atomic mass is 10.1. The van der Waals surface area contributed by atoms with Gasteiger partial charge in [0.2, 0.25) is 15.9 Å². The highest BCUT2D eigenvalue weighted by Crippen LogP contribution is 2.21. The molecular formula is C21H28N2O3S. The highest BCUT2D eigenvalue weighted by atomic mass is 32.2. The van der Waals surface area contributed by atoms with Crippen LogP contribution in [0.1, 0.15) is 36.1 Å². The van der Waals surface area contributed by atoms with Gasteiger partial charge in [-0.2, -0.15) is 0 Å². The summed E-state index contributed by atoms with van der Waals surface area (Å²) in [6.07, 6.45) is 0.926. The molecule has 0 saturated carbocycles. The molecule has 0 radical (unpaired) electrons. The third-order valence-corrected chi connectivity index (χ3v) is 6.30. The summed E-state index contributed by atoms with van der Waals surface area (Å²) in [5.74, 6) is -0.124. The Hall–Kier alpha value is -2.18. The van der Waals surface area contributed by atoms with Crippen molar-refractivity contribution in [3.63, 3.8) is 0 Å². The molecule has 2 aromatic rings. The number of anilines is 1. The van der Waals surface area contributed by atoms with Crippen molar-refractivity contribution in [3.8, 4) is 0 Å². The highest BCUT2D eigenvalue weighted by molar-refractivity contribution is 7.89. The van der Waals surface area contributed by atoms with Crippen LogP contribution >= 0.6 is 0 Å². The van der Waals surface area contributed by atoms with E-state index in [9.17, 15) is 13.2 Å². The van der Waals surface area contributed by atoms with Gasteiger partial charge >= 0.3 is 0 Å². The van der Waals surface area contributed by atoms with E-state index < -0.39 is 10.0 Å². The Morgan fingerprint density at radius 2 is 1.59 bits per heavy atom. The second-order valence-corrected chi connectivity index (χ2v) is 8.52. The minimum atomic E-state index is -3.64. The number of hydrogen-bond donors (Lipinski definition) is 1. The lowest BCUT2D eigenvalue weighted by Crippen LogP contribution is -2.37. The van der Waals surface area contributed by atoms with Gasteiger partial charge in [0, 0.05) is 25.7 Å². The molecule has 0 aliphatic heterocycles. The van der Waals surface area contributed by atoms with Gasteiger partial charge in [-0.1, -0.05) is 36.8 Å². The van der Waals surface area contributed by atoms with E-state index in [-0.39, 0.29) is 19.0 Å². The smallest absolute Gasteiger partial charge is 0.241 e. The average molecular weight is 389 g/mol. The largest absolute Gasteiger partial charge is 0.311 e. The Balaban J connectivity index is 2.13. The van der Waals surface area contributed by atoms with Crippen LogP contribution in [0, 0.1) is 20.8 Å². The number of nitrogens with zero attached hydrogens (tertiary/aromatic N) is 1. The summed E-state index contributed by atoms with van der Waals surface area (Å²) in [5.41, 5.74) is 4.43. The van der Waals surface area contributed by atoms with Gasteiger partial charge in [-0.25, -0.2) is 13.1 Å². The zero-order valence-electron chi connectivity index (χ0n) is 16.7. The first kappa shape index (κ1) is 21.1. The van der Waals surface area contributed by atoms with Crippen LogP contribution in [0.5, 0.6) is 0 Å². The summed E-state index contributed by atoms with van der Waals surface area (Å²) in [5, 5.41) is 0. The molecule has 0 spiro atoms. The van der Waals surface area contributed by atoms with Crippen LogP contribution in [-0.2, 0) is 21.2 Å². The number of carbonyl (C=O) groups is 1. The van der Waals surface area contributed by atoms with Gasteiger partial charge in [-0.15, -0.1) is 0 Å². The number of rotatable bonds is 7. The molecular weight excluding hydrogens is 360 g/mol. The van der Waals surface area contributed by atoms with Crippen LogP contribution < -0.4 is 9.62 Å².